The molecule has 0 aromatic heterocycles. The predicted octanol–water partition coefficient (Wildman–Crippen LogP) is 11.9. The topological polar surface area (TPSA) is 69.8 Å². The monoisotopic (exact) mass is 791 g/mol. The summed E-state index contributed by atoms with van der Waals surface area (Å²) in [7, 11) is -2.26. The molecule has 298 valence electrons. The van der Waals surface area contributed by atoms with Crippen molar-refractivity contribution >= 4 is 59.9 Å². The summed E-state index contributed by atoms with van der Waals surface area (Å²) in [6.45, 7) is 13.1. The number of hydrogen-bond acceptors (Lipinski definition) is 4. The maximum Gasteiger partial charge on any atom is 0.264 e. The van der Waals surface area contributed by atoms with Crippen LogP contribution in [0.25, 0.3) is 32.7 Å². The van der Waals surface area contributed by atoms with Gasteiger partial charge in [0.2, 0.25) is 5.69 Å². The molecule has 0 saturated heterocycles. The smallest absolute Gasteiger partial charge is 0.264 e. The molecule has 7 heteroatoms. The molecule has 2 heterocycles. The Labute approximate surface area is 344 Å². The average Bonchev–Trinajstić information content (AvgIpc) is 3.72. The van der Waals surface area contributed by atoms with E-state index in [1.807, 2.05) is 0 Å². The highest BCUT2D eigenvalue weighted by Crippen LogP contribution is 2.52. The summed E-state index contributed by atoms with van der Waals surface area (Å²) in [6.07, 6.45) is 13.5. The third-order valence-corrected chi connectivity index (χ3v) is 13.3. The van der Waals surface area contributed by atoms with Crippen molar-refractivity contribution in [2.45, 2.75) is 77.6 Å². The molecule has 1 aliphatic carbocycles. The summed E-state index contributed by atoms with van der Waals surface area (Å²) in [5.74, 6) is 0.590. The number of benzene rings is 5. The van der Waals surface area contributed by atoms with Crippen molar-refractivity contribution < 1.29 is 22.3 Å². The standard InChI is InChI=1S/C51H54N2O4S/c1-7-8-15-32-52-43-28-24-35-18-9-11-20-37(35)47(43)50(2,3)45(52)30-26-41-39-22-13-14-23-40(39)42(49(41)57-6)27-31-46-51(4,5)48-38-21-12-10-19-36(38)25-29-44(48)53(46)33-16-17-34-58(54,55)56/h9-14,18-31H,7-8,15-17,32-34H2,1-6H3/p+1. The fraction of sp³-hybridized carbons (Fsp3) is 0.314. The van der Waals surface area contributed by atoms with E-state index in [0.717, 1.165) is 52.4 Å². The second-order valence-electron chi connectivity index (χ2n) is 17.0. The first kappa shape index (κ1) is 39.6. The molecule has 2 aliphatic heterocycles. The van der Waals surface area contributed by atoms with Crippen LogP contribution in [0.15, 0.2) is 133 Å². The van der Waals surface area contributed by atoms with Gasteiger partial charge in [0.1, 0.15) is 12.3 Å². The summed E-state index contributed by atoms with van der Waals surface area (Å²) in [5, 5.41) is 4.98. The molecule has 0 saturated carbocycles. The third-order valence-electron chi connectivity index (χ3n) is 12.5. The largest absolute Gasteiger partial charge is 0.495 e. The third kappa shape index (κ3) is 6.92. The molecule has 1 N–H and O–H groups in total. The summed E-state index contributed by atoms with van der Waals surface area (Å²) in [5.41, 5.74) is 11.3. The number of unbranched alkanes of at least 4 members (excludes halogenated alkanes) is 3. The minimum atomic E-state index is -4.03. The molecule has 0 unspecified atom stereocenters. The lowest BCUT2D eigenvalue weighted by molar-refractivity contribution is -0.438. The van der Waals surface area contributed by atoms with Crippen molar-refractivity contribution in [1.29, 1.82) is 0 Å². The van der Waals surface area contributed by atoms with Gasteiger partial charge in [-0.3, -0.25) is 4.55 Å². The predicted molar refractivity (Wildman–Crippen MR) is 242 cm³/mol. The van der Waals surface area contributed by atoms with Crippen LogP contribution in [-0.2, 0) is 25.7 Å². The van der Waals surface area contributed by atoms with Gasteiger partial charge < -0.3 is 9.64 Å². The Hall–Kier alpha value is -5.24. The van der Waals surface area contributed by atoms with Crippen LogP contribution in [0.4, 0.5) is 11.4 Å². The van der Waals surface area contributed by atoms with E-state index < -0.39 is 10.1 Å². The Morgan fingerprint density at radius 1 is 0.724 bits per heavy atom. The Morgan fingerprint density at radius 2 is 1.38 bits per heavy atom. The fourth-order valence-corrected chi connectivity index (χ4v) is 10.4. The van der Waals surface area contributed by atoms with Crippen molar-refractivity contribution in [2.75, 3.05) is 30.9 Å². The molecule has 0 bridgehead atoms. The van der Waals surface area contributed by atoms with Gasteiger partial charge in [0.15, 0.2) is 5.71 Å². The van der Waals surface area contributed by atoms with E-state index in [1.54, 1.807) is 7.11 Å². The molecule has 0 amide bonds. The van der Waals surface area contributed by atoms with E-state index in [1.165, 1.54) is 56.9 Å². The zero-order valence-corrected chi connectivity index (χ0v) is 35.5. The highest BCUT2D eigenvalue weighted by atomic mass is 32.2. The molecule has 0 fully saturated rings. The molecule has 0 atom stereocenters. The van der Waals surface area contributed by atoms with Gasteiger partial charge >= 0.3 is 0 Å². The van der Waals surface area contributed by atoms with Gasteiger partial charge in [-0.15, -0.1) is 0 Å². The first-order chi connectivity index (χ1) is 27.9. The van der Waals surface area contributed by atoms with Crippen molar-refractivity contribution in [3.63, 3.8) is 0 Å². The van der Waals surface area contributed by atoms with E-state index >= 15 is 0 Å². The lowest BCUT2D eigenvalue weighted by Gasteiger charge is -2.27. The summed E-state index contributed by atoms with van der Waals surface area (Å²) >= 11 is 0. The van der Waals surface area contributed by atoms with Crippen LogP contribution in [0.2, 0.25) is 0 Å². The van der Waals surface area contributed by atoms with Crippen LogP contribution in [0.5, 0.6) is 0 Å². The van der Waals surface area contributed by atoms with Crippen molar-refractivity contribution in [2.24, 2.45) is 0 Å². The molecule has 6 nitrogen and oxygen atoms in total. The second kappa shape index (κ2) is 15.5. The van der Waals surface area contributed by atoms with Crippen LogP contribution in [0.1, 0.15) is 89.0 Å². The summed E-state index contributed by atoms with van der Waals surface area (Å²) in [4.78, 5) is 2.34. The van der Waals surface area contributed by atoms with E-state index in [2.05, 4.69) is 165 Å². The minimum absolute atomic E-state index is 0.216. The van der Waals surface area contributed by atoms with E-state index in [-0.39, 0.29) is 16.6 Å². The number of hydrogen-bond donors (Lipinski definition) is 1. The maximum atomic E-state index is 11.6. The minimum Gasteiger partial charge on any atom is -0.495 e. The number of rotatable bonds is 13. The number of fused-ring (bicyclic) bond motifs is 7. The van der Waals surface area contributed by atoms with Crippen molar-refractivity contribution in [1.82, 2.24) is 0 Å². The van der Waals surface area contributed by atoms with Gasteiger partial charge in [-0.2, -0.15) is 13.0 Å². The number of anilines is 1. The molecule has 3 aliphatic rings. The summed E-state index contributed by atoms with van der Waals surface area (Å²) < 4.78 is 41.5. The van der Waals surface area contributed by atoms with Crippen LogP contribution >= 0.6 is 0 Å². The summed E-state index contributed by atoms with van der Waals surface area (Å²) in [6, 6.07) is 34.8. The van der Waals surface area contributed by atoms with Crippen LogP contribution in [0, 0.1) is 0 Å². The zero-order valence-electron chi connectivity index (χ0n) is 34.7. The number of ether oxygens (including phenoxy) is 1. The average molecular weight is 792 g/mol. The van der Waals surface area contributed by atoms with E-state index in [0.29, 0.717) is 19.4 Å². The van der Waals surface area contributed by atoms with Crippen LogP contribution in [0.3, 0.4) is 0 Å². The molecule has 0 spiro atoms. The van der Waals surface area contributed by atoms with E-state index in [9.17, 15) is 13.0 Å². The maximum absolute atomic E-state index is 11.6. The zero-order chi connectivity index (χ0) is 40.8. The van der Waals surface area contributed by atoms with Crippen LogP contribution < -0.4 is 4.90 Å². The van der Waals surface area contributed by atoms with Gasteiger partial charge in [0.25, 0.3) is 10.1 Å². The Balaban J connectivity index is 1.23. The van der Waals surface area contributed by atoms with Crippen molar-refractivity contribution in [3.05, 3.63) is 155 Å². The normalized spacial score (nSPS) is 18.4. The molecular formula is C51H55N2O4S+. The first-order valence-corrected chi connectivity index (χ1v) is 22.4. The first-order valence-electron chi connectivity index (χ1n) is 20.8. The molecule has 58 heavy (non-hydrogen) atoms. The molecular weight excluding hydrogens is 737 g/mol. The highest BCUT2D eigenvalue weighted by Gasteiger charge is 2.46. The number of nitrogens with zero attached hydrogens (tertiary/aromatic N) is 2. The van der Waals surface area contributed by atoms with Gasteiger partial charge in [-0.05, 0) is 102 Å². The molecule has 8 rings (SSSR count). The highest BCUT2D eigenvalue weighted by molar-refractivity contribution is 7.85. The van der Waals surface area contributed by atoms with Gasteiger partial charge in [0.05, 0.1) is 18.3 Å². The fourth-order valence-electron chi connectivity index (χ4n) is 9.84. The number of allylic oxidation sites excluding steroid dienone is 7. The Kier molecular flexibility index (Phi) is 10.6. The Bertz CT molecular complexity index is 2710. The molecule has 5 aromatic carbocycles. The molecule has 0 radical (unpaired) electrons. The Morgan fingerprint density at radius 3 is 2.07 bits per heavy atom. The van der Waals surface area contributed by atoms with Gasteiger partial charge in [-0.1, -0.05) is 106 Å². The van der Waals surface area contributed by atoms with Crippen molar-refractivity contribution in [3.8, 4) is 0 Å². The lowest BCUT2D eigenvalue weighted by atomic mass is 9.79. The van der Waals surface area contributed by atoms with Gasteiger partial charge in [-0.25, -0.2) is 0 Å². The molecule has 5 aromatic rings. The van der Waals surface area contributed by atoms with Crippen LogP contribution in [-0.4, -0.2) is 49.2 Å². The quantitative estimate of drug-likeness (QED) is 0.0731. The SMILES string of the molecule is CCCCC[N+]1=C(/C=C/C2=C(OC)C(=C/C=C3/N(CCCCS(=O)(=O)O)c4ccc5ccccc5c4C3(C)C)/c3ccccc32)C(C)(C)c2c1ccc1ccccc21. The lowest BCUT2D eigenvalue weighted by Crippen LogP contribution is -2.28. The van der Waals surface area contributed by atoms with E-state index in [4.69, 9.17) is 4.74 Å². The number of methoxy groups -OCH3 is 1. The second-order valence-corrected chi connectivity index (χ2v) is 18.5. The van der Waals surface area contributed by atoms with Gasteiger partial charge in [0, 0.05) is 58.6 Å².